The van der Waals surface area contributed by atoms with Crippen LogP contribution in [0.2, 0.25) is 0 Å². The zero-order valence-corrected chi connectivity index (χ0v) is 12.5. The van der Waals surface area contributed by atoms with Gasteiger partial charge in [-0.3, -0.25) is 0 Å². The van der Waals surface area contributed by atoms with E-state index in [2.05, 4.69) is 4.72 Å². The Morgan fingerprint density at radius 2 is 1.95 bits per heavy atom. The highest BCUT2D eigenvalue weighted by Gasteiger charge is 2.13. The van der Waals surface area contributed by atoms with E-state index in [4.69, 9.17) is 11.6 Å². The van der Waals surface area contributed by atoms with Crippen molar-refractivity contribution in [1.82, 2.24) is 4.72 Å². The summed E-state index contributed by atoms with van der Waals surface area (Å²) in [5, 5.41) is 9.37. The van der Waals surface area contributed by atoms with Crippen LogP contribution in [0.1, 0.15) is 25.3 Å². The molecular weight excluding hydrogens is 286 g/mol. The average molecular weight is 306 g/mol. The summed E-state index contributed by atoms with van der Waals surface area (Å²) in [5.41, 5.74) is 1.01. The Morgan fingerprint density at radius 1 is 1.32 bits per heavy atom. The Hall–Kier alpha value is -0.620. The molecule has 1 rings (SSSR count). The highest BCUT2D eigenvalue weighted by atomic mass is 35.5. The quantitative estimate of drug-likeness (QED) is 0.721. The summed E-state index contributed by atoms with van der Waals surface area (Å²) in [6.45, 7) is 2.09. The van der Waals surface area contributed by atoms with Crippen LogP contribution in [-0.4, -0.2) is 32.1 Å². The molecule has 2 N–H and O–H groups in total. The van der Waals surface area contributed by atoms with Gasteiger partial charge in [-0.15, -0.1) is 11.6 Å². The first-order valence-electron chi connectivity index (χ1n) is 6.32. The van der Waals surface area contributed by atoms with E-state index in [9.17, 15) is 13.5 Å². The van der Waals surface area contributed by atoms with Gasteiger partial charge in [0.15, 0.2) is 0 Å². The van der Waals surface area contributed by atoms with E-state index in [1.54, 1.807) is 24.3 Å². The summed E-state index contributed by atoms with van der Waals surface area (Å²) in [6.07, 6.45) is 1.29. The molecule has 0 saturated carbocycles. The molecular formula is C13H20ClNO3S. The Kier molecular flexibility index (Phi) is 6.79. The number of hydrogen-bond acceptors (Lipinski definition) is 3. The largest absolute Gasteiger partial charge is 0.393 e. The maximum atomic E-state index is 12.0. The monoisotopic (exact) mass is 305 g/mol. The number of aryl methyl sites for hydroxylation is 1. The highest BCUT2D eigenvalue weighted by Crippen LogP contribution is 2.11. The molecule has 0 amide bonds. The molecule has 6 heteroatoms. The van der Waals surface area contributed by atoms with Crippen LogP contribution in [0.15, 0.2) is 29.2 Å². The molecule has 0 radical (unpaired) electrons. The van der Waals surface area contributed by atoms with Crippen molar-refractivity contribution in [2.45, 2.75) is 37.2 Å². The molecule has 1 atom stereocenters. The third kappa shape index (κ3) is 5.48. The lowest BCUT2D eigenvalue weighted by Crippen LogP contribution is -2.27. The van der Waals surface area contributed by atoms with E-state index in [1.165, 1.54) is 0 Å². The maximum Gasteiger partial charge on any atom is 0.240 e. The van der Waals surface area contributed by atoms with Gasteiger partial charge in [-0.05, 0) is 37.0 Å². The molecule has 0 saturated heterocycles. The summed E-state index contributed by atoms with van der Waals surface area (Å²) >= 11 is 5.62. The second-order valence-electron chi connectivity index (χ2n) is 4.33. The fourth-order valence-electron chi connectivity index (χ4n) is 1.59. The number of halogens is 1. The first-order chi connectivity index (χ1) is 8.99. The molecule has 0 aromatic heterocycles. The number of aliphatic hydroxyl groups is 1. The van der Waals surface area contributed by atoms with Gasteiger partial charge in [0.25, 0.3) is 0 Å². The second-order valence-corrected chi connectivity index (χ2v) is 6.48. The Balaban J connectivity index is 2.61. The Bertz CT molecular complexity index is 473. The Morgan fingerprint density at radius 3 is 2.47 bits per heavy atom. The minimum atomic E-state index is -3.49. The van der Waals surface area contributed by atoms with Gasteiger partial charge in [-0.1, -0.05) is 19.1 Å². The van der Waals surface area contributed by atoms with Gasteiger partial charge in [0.05, 0.1) is 11.0 Å². The summed E-state index contributed by atoms with van der Waals surface area (Å²) in [7, 11) is -3.49. The van der Waals surface area contributed by atoms with Gasteiger partial charge >= 0.3 is 0 Å². The number of hydrogen-bond donors (Lipinski definition) is 2. The van der Waals surface area contributed by atoms with Crippen molar-refractivity contribution in [3.8, 4) is 0 Å². The standard InChI is InChI=1S/C13H20ClNO3S/c1-2-12(16)8-10-15-19(17,18)13-5-3-11(4-6-13)7-9-14/h3-6,12,15-16H,2,7-10H2,1H3. The zero-order chi connectivity index (χ0) is 14.3. The number of sulfonamides is 1. The average Bonchev–Trinajstić information content (AvgIpc) is 2.39. The van der Waals surface area contributed by atoms with Crippen molar-refractivity contribution < 1.29 is 13.5 Å². The smallest absolute Gasteiger partial charge is 0.240 e. The third-order valence-electron chi connectivity index (χ3n) is 2.86. The molecule has 4 nitrogen and oxygen atoms in total. The number of benzene rings is 1. The number of nitrogens with one attached hydrogen (secondary N) is 1. The molecule has 19 heavy (non-hydrogen) atoms. The van der Waals surface area contributed by atoms with Gasteiger partial charge in [-0.25, -0.2) is 13.1 Å². The number of rotatable bonds is 8. The van der Waals surface area contributed by atoms with E-state index in [0.29, 0.717) is 18.7 Å². The van der Waals surface area contributed by atoms with Crippen LogP contribution in [0, 0.1) is 0 Å². The van der Waals surface area contributed by atoms with Crippen LogP contribution in [-0.2, 0) is 16.4 Å². The predicted molar refractivity (Wildman–Crippen MR) is 77.0 cm³/mol. The second kappa shape index (κ2) is 7.85. The van der Waals surface area contributed by atoms with Gasteiger partial charge in [0.2, 0.25) is 10.0 Å². The summed E-state index contributed by atoms with van der Waals surface area (Å²) in [6, 6.07) is 6.66. The first-order valence-corrected chi connectivity index (χ1v) is 8.34. The molecule has 0 fully saturated rings. The van der Waals surface area contributed by atoms with E-state index in [0.717, 1.165) is 12.0 Å². The van der Waals surface area contributed by atoms with Crippen molar-refractivity contribution in [3.05, 3.63) is 29.8 Å². The lowest BCUT2D eigenvalue weighted by molar-refractivity contribution is 0.162. The van der Waals surface area contributed by atoms with Crippen LogP contribution in [0.25, 0.3) is 0 Å². The molecule has 0 bridgehead atoms. The fourth-order valence-corrected chi connectivity index (χ4v) is 2.86. The zero-order valence-electron chi connectivity index (χ0n) is 11.0. The first kappa shape index (κ1) is 16.4. The van der Waals surface area contributed by atoms with Gasteiger partial charge in [0, 0.05) is 12.4 Å². The van der Waals surface area contributed by atoms with Crippen molar-refractivity contribution in [3.63, 3.8) is 0 Å². The maximum absolute atomic E-state index is 12.0. The van der Waals surface area contributed by atoms with E-state index in [-0.39, 0.29) is 11.4 Å². The van der Waals surface area contributed by atoms with Crippen molar-refractivity contribution in [2.24, 2.45) is 0 Å². The Labute approximate surface area is 119 Å². The SMILES string of the molecule is CCC(O)CCNS(=O)(=O)c1ccc(CCCl)cc1. The summed E-state index contributed by atoms with van der Waals surface area (Å²) in [5.74, 6) is 0.513. The van der Waals surface area contributed by atoms with Gasteiger partial charge in [0.1, 0.15) is 0 Å². The number of aliphatic hydroxyl groups excluding tert-OH is 1. The van der Waals surface area contributed by atoms with Gasteiger partial charge < -0.3 is 5.11 Å². The molecule has 0 heterocycles. The van der Waals surface area contributed by atoms with Crippen molar-refractivity contribution >= 4 is 21.6 Å². The lowest BCUT2D eigenvalue weighted by atomic mass is 10.2. The van der Waals surface area contributed by atoms with Gasteiger partial charge in [-0.2, -0.15) is 0 Å². The molecule has 0 aliphatic rings. The molecule has 0 spiro atoms. The predicted octanol–water partition coefficient (Wildman–Crippen LogP) is 1.91. The third-order valence-corrected chi connectivity index (χ3v) is 4.52. The molecule has 1 aromatic rings. The van der Waals surface area contributed by atoms with E-state index < -0.39 is 16.1 Å². The van der Waals surface area contributed by atoms with Crippen LogP contribution in [0.4, 0.5) is 0 Å². The van der Waals surface area contributed by atoms with Crippen molar-refractivity contribution in [2.75, 3.05) is 12.4 Å². The lowest BCUT2D eigenvalue weighted by Gasteiger charge is -2.10. The van der Waals surface area contributed by atoms with E-state index >= 15 is 0 Å². The molecule has 1 unspecified atom stereocenters. The number of alkyl halides is 1. The van der Waals surface area contributed by atoms with Crippen molar-refractivity contribution in [1.29, 1.82) is 0 Å². The fraction of sp³-hybridized carbons (Fsp3) is 0.538. The highest BCUT2D eigenvalue weighted by molar-refractivity contribution is 7.89. The molecule has 108 valence electrons. The van der Waals surface area contributed by atoms with Crippen LogP contribution < -0.4 is 4.72 Å². The summed E-state index contributed by atoms with van der Waals surface area (Å²) < 4.78 is 26.4. The normalized spacial score (nSPS) is 13.4. The molecule has 1 aromatic carbocycles. The topological polar surface area (TPSA) is 66.4 Å². The van der Waals surface area contributed by atoms with Crippen LogP contribution >= 0.6 is 11.6 Å². The minimum absolute atomic E-state index is 0.233. The molecule has 0 aliphatic carbocycles. The van der Waals surface area contributed by atoms with Crippen LogP contribution in [0.3, 0.4) is 0 Å². The van der Waals surface area contributed by atoms with E-state index in [1.807, 2.05) is 6.92 Å². The molecule has 0 aliphatic heterocycles. The minimum Gasteiger partial charge on any atom is -0.393 e. The summed E-state index contributed by atoms with van der Waals surface area (Å²) in [4.78, 5) is 0.233. The van der Waals surface area contributed by atoms with Crippen LogP contribution in [0.5, 0.6) is 0 Å².